The van der Waals surface area contributed by atoms with Crippen LogP contribution in [-0.2, 0) is 14.9 Å². The summed E-state index contributed by atoms with van der Waals surface area (Å²) in [7, 11) is -4.35. The second-order valence-corrected chi connectivity index (χ2v) is 5.79. The number of nitrogen functional groups attached to an aromatic ring is 1. The van der Waals surface area contributed by atoms with E-state index in [-0.39, 0.29) is 22.4 Å². The molecule has 2 rings (SSSR count). The predicted molar refractivity (Wildman–Crippen MR) is 71.3 cm³/mol. The van der Waals surface area contributed by atoms with E-state index < -0.39 is 10.1 Å². The van der Waals surface area contributed by atoms with Gasteiger partial charge in [0.15, 0.2) is 0 Å². The van der Waals surface area contributed by atoms with Crippen molar-refractivity contribution in [1.29, 1.82) is 0 Å². The molecule has 7 heteroatoms. The molecule has 1 aromatic rings. The van der Waals surface area contributed by atoms with Crippen LogP contribution in [0.4, 0.5) is 11.4 Å². The summed E-state index contributed by atoms with van der Waals surface area (Å²) in [5, 5.41) is 0. The first-order chi connectivity index (χ1) is 8.82. The van der Waals surface area contributed by atoms with E-state index in [1.165, 1.54) is 23.1 Å². The number of rotatable bonds is 3. The summed E-state index contributed by atoms with van der Waals surface area (Å²) in [6, 6.07) is 4.00. The van der Waals surface area contributed by atoms with Crippen molar-refractivity contribution >= 4 is 27.4 Å². The van der Waals surface area contributed by atoms with E-state index in [0.717, 1.165) is 0 Å². The number of carbonyl (C=O) groups is 1. The second kappa shape index (κ2) is 4.67. The van der Waals surface area contributed by atoms with Gasteiger partial charge in [0.25, 0.3) is 10.1 Å². The molecule has 102 valence electrons. The van der Waals surface area contributed by atoms with E-state index >= 15 is 0 Å². The molecule has 1 atom stereocenters. The van der Waals surface area contributed by atoms with Gasteiger partial charge in [-0.1, -0.05) is 6.08 Å². The Balaban J connectivity index is 2.36. The van der Waals surface area contributed by atoms with Crippen molar-refractivity contribution in [2.24, 2.45) is 5.92 Å². The van der Waals surface area contributed by atoms with Crippen LogP contribution in [0.5, 0.6) is 0 Å². The number of hydrogen-bond acceptors (Lipinski definition) is 4. The lowest BCUT2D eigenvalue weighted by atomic mass is 10.1. The molecular formula is C12H14N2O4S. The van der Waals surface area contributed by atoms with E-state index in [0.29, 0.717) is 18.7 Å². The minimum Gasteiger partial charge on any atom is -0.398 e. The third-order valence-electron chi connectivity index (χ3n) is 3.07. The van der Waals surface area contributed by atoms with Crippen LogP contribution in [0.25, 0.3) is 0 Å². The fraction of sp³-hybridized carbons (Fsp3) is 0.250. The van der Waals surface area contributed by atoms with Gasteiger partial charge in [-0.3, -0.25) is 9.35 Å². The van der Waals surface area contributed by atoms with Gasteiger partial charge in [-0.15, -0.1) is 6.58 Å². The summed E-state index contributed by atoms with van der Waals surface area (Å²) in [5.41, 5.74) is 6.02. The lowest BCUT2D eigenvalue weighted by Crippen LogP contribution is -2.24. The lowest BCUT2D eigenvalue weighted by molar-refractivity contribution is -0.117. The van der Waals surface area contributed by atoms with Gasteiger partial charge in [0.1, 0.15) is 4.90 Å². The van der Waals surface area contributed by atoms with Gasteiger partial charge in [0, 0.05) is 24.6 Å². The highest BCUT2D eigenvalue weighted by Gasteiger charge is 2.29. The molecule has 1 fully saturated rings. The number of benzene rings is 1. The normalized spacial score (nSPS) is 19.7. The largest absolute Gasteiger partial charge is 0.398 e. The molecule has 0 saturated carbocycles. The van der Waals surface area contributed by atoms with E-state index in [4.69, 9.17) is 10.3 Å². The van der Waals surface area contributed by atoms with Crippen molar-refractivity contribution < 1.29 is 17.8 Å². The van der Waals surface area contributed by atoms with Crippen molar-refractivity contribution in [1.82, 2.24) is 0 Å². The van der Waals surface area contributed by atoms with Crippen LogP contribution in [0.1, 0.15) is 6.42 Å². The molecule has 0 aliphatic carbocycles. The van der Waals surface area contributed by atoms with E-state index in [9.17, 15) is 13.2 Å². The Morgan fingerprint density at radius 1 is 1.47 bits per heavy atom. The summed E-state index contributed by atoms with van der Waals surface area (Å²) in [5.74, 6) is 0.0129. The minimum atomic E-state index is -4.35. The van der Waals surface area contributed by atoms with Gasteiger partial charge in [-0.25, -0.2) is 0 Å². The summed E-state index contributed by atoms with van der Waals surface area (Å²) in [4.78, 5) is 13.0. The first-order valence-corrected chi connectivity index (χ1v) is 7.07. The van der Waals surface area contributed by atoms with E-state index in [1.807, 2.05) is 0 Å². The lowest BCUT2D eigenvalue weighted by Gasteiger charge is -2.17. The first-order valence-electron chi connectivity index (χ1n) is 5.63. The van der Waals surface area contributed by atoms with Crippen LogP contribution in [-0.4, -0.2) is 25.4 Å². The van der Waals surface area contributed by atoms with Gasteiger partial charge >= 0.3 is 0 Å². The number of carbonyl (C=O) groups excluding carboxylic acids is 1. The van der Waals surface area contributed by atoms with Gasteiger partial charge in [-0.05, 0) is 18.2 Å². The average Bonchev–Trinajstić information content (AvgIpc) is 2.68. The standard InChI is InChI=1S/C12H14N2O4S/c1-2-8-5-12(15)14(7-8)9-3-4-11(10(13)6-9)19(16,17)18/h2-4,6,8H,1,5,7,13H2,(H,16,17,18). The molecule has 1 heterocycles. The fourth-order valence-electron chi connectivity index (χ4n) is 2.08. The molecule has 0 radical (unpaired) electrons. The highest BCUT2D eigenvalue weighted by Crippen LogP contribution is 2.29. The minimum absolute atomic E-state index is 0.0658. The van der Waals surface area contributed by atoms with Crippen molar-refractivity contribution in [2.45, 2.75) is 11.3 Å². The van der Waals surface area contributed by atoms with Gasteiger partial charge < -0.3 is 10.6 Å². The zero-order valence-electron chi connectivity index (χ0n) is 10.1. The van der Waals surface area contributed by atoms with E-state index in [1.54, 1.807) is 6.08 Å². The monoisotopic (exact) mass is 282 g/mol. The molecule has 1 saturated heterocycles. The molecular weight excluding hydrogens is 268 g/mol. The molecule has 0 aromatic heterocycles. The molecule has 6 nitrogen and oxygen atoms in total. The summed E-state index contributed by atoms with van der Waals surface area (Å²) in [6.07, 6.45) is 2.09. The third-order valence-corrected chi connectivity index (χ3v) is 4.00. The third kappa shape index (κ3) is 2.61. The zero-order chi connectivity index (χ0) is 14.2. The van der Waals surface area contributed by atoms with Gasteiger partial charge in [0.05, 0.1) is 5.69 Å². The molecule has 1 aromatic carbocycles. The second-order valence-electron chi connectivity index (χ2n) is 4.40. The number of nitrogens with two attached hydrogens (primary N) is 1. The molecule has 0 bridgehead atoms. The maximum absolute atomic E-state index is 11.8. The van der Waals surface area contributed by atoms with Crippen LogP contribution in [0.3, 0.4) is 0 Å². The Labute approximate surface area is 111 Å². The Morgan fingerprint density at radius 2 is 2.16 bits per heavy atom. The highest BCUT2D eigenvalue weighted by atomic mass is 32.2. The van der Waals surface area contributed by atoms with Crippen molar-refractivity contribution in [3.63, 3.8) is 0 Å². The SMILES string of the molecule is C=CC1CC(=O)N(c2ccc(S(=O)(=O)O)c(N)c2)C1. The van der Waals surface area contributed by atoms with Crippen LogP contribution >= 0.6 is 0 Å². The van der Waals surface area contributed by atoms with Crippen LogP contribution in [0, 0.1) is 5.92 Å². The summed E-state index contributed by atoms with van der Waals surface area (Å²) in [6.45, 7) is 4.15. The maximum Gasteiger partial charge on any atom is 0.296 e. The first kappa shape index (κ1) is 13.6. The quantitative estimate of drug-likeness (QED) is 0.490. The molecule has 0 spiro atoms. The molecule has 1 aliphatic rings. The van der Waals surface area contributed by atoms with Crippen molar-refractivity contribution in [3.8, 4) is 0 Å². The molecule has 3 N–H and O–H groups in total. The highest BCUT2D eigenvalue weighted by molar-refractivity contribution is 7.86. The van der Waals surface area contributed by atoms with Crippen molar-refractivity contribution in [3.05, 3.63) is 30.9 Å². The summed E-state index contributed by atoms with van der Waals surface area (Å²) >= 11 is 0. The average molecular weight is 282 g/mol. The smallest absolute Gasteiger partial charge is 0.296 e. The summed E-state index contributed by atoms with van der Waals surface area (Å²) < 4.78 is 31.0. The van der Waals surface area contributed by atoms with Crippen molar-refractivity contribution in [2.75, 3.05) is 17.2 Å². The number of nitrogens with zero attached hydrogens (tertiary/aromatic N) is 1. The van der Waals surface area contributed by atoms with Crippen LogP contribution < -0.4 is 10.6 Å². The zero-order valence-corrected chi connectivity index (χ0v) is 10.9. The molecule has 19 heavy (non-hydrogen) atoms. The predicted octanol–water partition coefficient (Wildman–Crippen LogP) is 1.05. The molecule has 1 aliphatic heterocycles. The van der Waals surface area contributed by atoms with Gasteiger partial charge in [-0.2, -0.15) is 8.42 Å². The number of amides is 1. The van der Waals surface area contributed by atoms with Gasteiger partial charge in [0.2, 0.25) is 5.91 Å². The topological polar surface area (TPSA) is 101 Å². The fourth-order valence-corrected chi connectivity index (χ4v) is 2.68. The Kier molecular flexibility index (Phi) is 3.34. The Morgan fingerprint density at radius 3 is 2.63 bits per heavy atom. The molecule has 1 unspecified atom stereocenters. The number of hydrogen-bond donors (Lipinski definition) is 2. The van der Waals surface area contributed by atoms with E-state index in [2.05, 4.69) is 6.58 Å². The Hall–Kier alpha value is -1.86. The molecule has 1 amide bonds. The van der Waals surface area contributed by atoms with Crippen LogP contribution in [0.2, 0.25) is 0 Å². The maximum atomic E-state index is 11.8. The Bertz CT molecular complexity index is 639. The van der Waals surface area contributed by atoms with Crippen LogP contribution in [0.15, 0.2) is 35.7 Å². The number of anilines is 2.